The van der Waals surface area contributed by atoms with Crippen LogP contribution in [0.5, 0.6) is 5.88 Å². The Balaban J connectivity index is 2.12. The molecule has 0 unspecified atom stereocenters. The molecule has 1 heterocycles. The van der Waals surface area contributed by atoms with E-state index in [0.29, 0.717) is 12.1 Å². The molecule has 2 aromatic carbocycles. The molecule has 0 spiro atoms. The van der Waals surface area contributed by atoms with Gasteiger partial charge in [-0.05, 0) is 23.8 Å². The summed E-state index contributed by atoms with van der Waals surface area (Å²) in [4.78, 5) is 12.8. The summed E-state index contributed by atoms with van der Waals surface area (Å²) >= 11 is 6.12. The zero-order chi connectivity index (χ0) is 17.4. The van der Waals surface area contributed by atoms with E-state index in [9.17, 15) is 4.79 Å². The van der Waals surface area contributed by atoms with E-state index in [1.807, 2.05) is 53.1 Å². The van der Waals surface area contributed by atoms with Crippen LogP contribution in [0, 0.1) is 0 Å². The van der Waals surface area contributed by atoms with Gasteiger partial charge in [-0.2, -0.15) is 0 Å². The molecule has 1 aliphatic heterocycles. The molecule has 0 N–H and O–H groups in total. The molecule has 0 bridgehead atoms. The van der Waals surface area contributed by atoms with Gasteiger partial charge in [-0.1, -0.05) is 60.1 Å². The lowest BCUT2D eigenvalue weighted by Gasteiger charge is -2.22. The molecule has 124 valence electrons. The molecule has 3 nitrogen and oxygen atoms in total. The van der Waals surface area contributed by atoms with Crippen molar-refractivity contribution in [1.82, 2.24) is 4.57 Å². The number of rotatable bonds is 3. The Bertz CT molecular complexity index is 1090. The van der Waals surface area contributed by atoms with Crippen molar-refractivity contribution in [2.45, 2.75) is 6.54 Å². The summed E-state index contributed by atoms with van der Waals surface area (Å²) in [5.41, 5.74) is 2.42. The number of methoxy groups -OCH3 is 1. The molecule has 0 saturated carbocycles. The van der Waals surface area contributed by atoms with Crippen molar-refractivity contribution in [3.05, 3.63) is 87.5 Å². The number of halogens is 1. The summed E-state index contributed by atoms with van der Waals surface area (Å²) in [5.74, 6) is 0.730. The van der Waals surface area contributed by atoms with Crippen molar-refractivity contribution in [3.8, 4) is 17.1 Å². The van der Waals surface area contributed by atoms with Gasteiger partial charge in [0.15, 0.2) is 0 Å². The monoisotopic (exact) mass is 349 g/mol. The lowest BCUT2D eigenvalue weighted by atomic mass is 9.99. The van der Waals surface area contributed by atoms with Crippen LogP contribution in [0.2, 0.25) is 5.02 Å². The Labute approximate surface area is 150 Å². The highest BCUT2D eigenvalue weighted by atomic mass is 35.5. The first kappa shape index (κ1) is 15.7. The largest absolute Gasteiger partial charge is 0.482 e. The maximum absolute atomic E-state index is 12.8. The van der Waals surface area contributed by atoms with Gasteiger partial charge < -0.3 is 9.30 Å². The highest BCUT2D eigenvalue weighted by Gasteiger charge is 2.21. The highest BCUT2D eigenvalue weighted by molar-refractivity contribution is 6.31. The number of hydrogen-bond donors (Lipinski definition) is 0. The van der Waals surface area contributed by atoms with Gasteiger partial charge in [-0.15, -0.1) is 0 Å². The van der Waals surface area contributed by atoms with Crippen LogP contribution in [0.15, 0.2) is 71.5 Å². The molecule has 25 heavy (non-hydrogen) atoms. The molecular formula is C21H16ClNO2. The van der Waals surface area contributed by atoms with E-state index in [4.69, 9.17) is 16.3 Å². The molecule has 1 aliphatic carbocycles. The van der Waals surface area contributed by atoms with Gasteiger partial charge in [0, 0.05) is 10.8 Å². The maximum Gasteiger partial charge on any atom is 0.207 e. The van der Waals surface area contributed by atoms with Crippen LogP contribution < -0.4 is 10.2 Å². The van der Waals surface area contributed by atoms with Gasteiger partial charge in [-0.25, -0.2) is 0 Å². The molecular weight excluding hydrogens is 334 g/mol. The van der Waals surface area contributed by atoms with Crippen molar-refractivity contribution in [2.75, 3.05) is 7.11 Å². The van der Waals surface area contributed by atoms with Crippen LogP contribution in [0.25, 0.3) is 22.0 Å². The lowest BCUT2D eigenvalue weighted by molar-refractivity contribution is 0.380. The second-order valence-electron chi connectivity index (χ2n) is 5.90. The summed E-state index contributed by atoms with van der Waals surface area (Å²) in [6, 6.07) is 21.4. The number of ether oxygens (including phenoxy) is 1. The third kappa shape index (κ3) is 2.57. The normalized spacial score (nSPS) is 11.1. The molecule has 0 radical (unpaired) electrons. The minimum Gasteiger partial charge on any atom is -0.482 e. The van der Waals surface area contributed by atoms with Crippen LogP contribution >= 0.6 is 11.6 Å². The van der Waals surface area contributed by atoms with Crippen LogP contribution in [0.1, 0.15) is 5.56 Å². The lowest BCUT2D eigenvalue weighted by Crippen LogP contribution is -2.16. The standard InChI is InChI=1S/C21H16ClNO2/c1-25-21-16-10-6-5-9-15(16)19-18(12-11-17(22)20(19)24)23(21)13-14-7-3-2-4-8-14/h2-12H,13H2,1H3. The first-order valence-corrected chi connectivity index (χ1v) is 8.40. The summed E-state index contributed by atoms with van der Waals surface area (Å²) in [7, 11) is 1.66. The summed E-state index contributed by atoms with van der Waals surface area (Å²) in [6.07, 6.45) is 0. The van der Waals surface area contributed by atoms with Crippen molar-refractivity contribution < 1.29 is 4.74 Å². The van der Waals surface area contributed by atoms with Gasteiger partial charge in [0.25, 0.3) is 0 Å². The average Bonchev–Trinajstić information content (AvgIpc) is 2.65. The van der Waals surface area contributed by atoms with Crippen LogP contribution in [-0.4, -0.2) is 11.7 Å². The minimum absolute atomic E-state index is 0.153. The van der Waals surface area contributed by atoms with Crippen LogP contribution in [-0.2, 0) is 6.54 Å². The van der Waals surface area contributed by atoms with Crippen molar-refractivity contribution >= 4 is 22.4 Å². The Morgan fingerprint density at radius 1 is 0.920 bits per heavy atom. The Morgan fingerprint density at radius 3 is 2.32 bits per heavy atom. The van der Waals surface area contributed by atoms with Crippen molar-refractivity contribution in [3.63, 3.8) is 0 Å². The Hall–Kier alpha value is -2.78. The number of pyridine rings is 1. The summed E-state index contributed by atoms with van der Waals surface area (Å²) in [6.45, 7) is 0.604. The second kappa shape index (κ2) is 6.26. The predicted molar refractivity (Wildman–Crippen MR) is 102 cm³/mol. The fourth-order valence-electron chi connectivity index (χ4n) is 3.32. The number of fused-ring (bicyclic) bond motifs is 3. The average molecular weight is 350 g/mol. The number of aromatic nitrogens is 1. The number of nitrogens with zero attached hydrogens (tertiary/aromatic N) is 1. The fraction of sp³-hybridized carbons (Fsp3) is 0.0952. The molecule has 2 aromatic rings. The zero-order valence-electron chi connectivity index (χ0n) is 13.7. The van der Waals surface area contributed by atoms with E-state index in [1.54, 1.807) is 13.2 Å². The van der Waals surface area contributed by atoms with Gasteiger partial charge in [0.05, 0.1) is 29.9 Å². The number of benzene rings is 3. The number of hydrogen-bond acceptors (Lipinski definition) is 2. The molecule has 4 rings (SSSR count). The fourth-order valence-corrected chi connectivity index (χ4v) is 3.48. The van der Waals surface area contributed by atoms with E-state index in [2.05, 4.69) is 12.1 Å². The topological polar surface area (TPSA) is 31.2 Å². The molecule has 2 aliphatic rings. The summed E-state index contributed by atoms with van der Waals surface area (Å²) in [5, 5.41) is 1.98. The van der Waals surface area contributed by atoms with Gasteiger partial charge >= 0.3 is 0 Å². The molecule has 4 heteroatoms. The molecule has 0 atom stereocenters. The third-order valence-electron chi connectivity index (χ3n) is 4.43. The molecule has 0 saturated heterocycles. The Morgan fingerprint density at radius 2 is 1.60 bits per heavy atom. The van der Waals surface area contributed by atoms with Gasteiger partial charge in [-0.3, -0.25) is 4.79 Å². The zero-order valence-corrected chi connectivity index (χ0v) is 14.5. The van der Waals surface area contributed by atoms with Crippen LogP contribution in [0.3, 0.4) is 0 Å². The van der Waals surface area contributed by atoms with Crippen molar-refractivity contribution in [2.24, 2.45) is 0 Å². The smallest absolute Gasteiger partial charge is 0.207 e. The van der Waals surface area contributed by atoms with E-state index < -0.39 is 0 Å². The first-order valence-electron chi connectivity index (χ1n) is 8.02. The Kier molecular flexibility index (Phi) is 3.94. The third-order valence-corrected chi connectivity index (χ3v) is 4.72. The quantitative estimate of drug-likeness (QED) is 0.497. The first-order chi connectivity index (χ1) is 12.2. The van der Waals surface area contributed by atoms with E-state index >= 15 is 0 Å². The van der Waals surface area contributed by atoms with E-state index in [1.165, 1.54) is 0 Å². The molecule has 0 fully saturated rings. The van der Waals surface area contributed by atoms with Gasteiger partial charge in [0.1, 0.15) is 0 Å². The second-order valence-corrected chi connectivity index (χ2v) is 6.30. The minimum atomic E-state index is -0.153. The van der Waals surface area contributed by atoms with Gasteiger partial charge in [0.2, 0.25) is 11.3 Å². The predicted octanol–water partition coefficient (Wildman–Crippen LogP) is 4.82. The maximum atomic E-state index is 12.8. The van der Waals surface area contributed by atoms with E-state index in [-0.39, 0.29) is 10.5 Å². The van der Waals surface area contributed by atoms with E-state index in [0.717, 1.165) is 27.9 Å². The molecule has 0 amide bonds. The highest BCUT2D eigenvalue weighted by Crippen LogP contribution is 2.37. The molecule has 0 aromatic heterocycles. The SMILES string of the molecule is COc1c2ccccc2c2c(=O)c(Cl)ccc-2n1Cc1ccccc1. The summed E-state index contributed by atoms with van der Waals surface area (Å²) < 4.78 is 7.77. The van der Waals surface area contributed by atoms with Crippen molar-refractivity contribution in [1.29, 1.82) is 0 Å². The van der Waals surface area contributed by atoms with Crippen LogP contribution in [0.4, 0.5) is 0 Å².